The lowest BCUT2D eigenvalue weighted by atomic mass is 10.1. The Morgan fingerprint density at radius 3 is 2.72 bits per heavy atom. The van der Waals surface area contributed by atoms with Gasteiger partial charge in [0, 0.05) is 17.5 Å². The summed E-state index contributed by atoms with van der Waals surface area (Å²) < 4.78 is 6.36. The molecule has 29 heavy (non-hydrogen) atoms. The van der Waals surface area contributed by atoms with E-state index in [1.54, 1.807) is 42.5 Å². The monoisotopic (exact) mass is 394 g/mol. The number of ether oxygens (including phenoxy) is 1. The number of amides is 1. The molecule has 2 aromatic carbocycles. The van der Waals surface area contributed by atoms with Crippen LogP contribution in [0.4, 0.5) is 0 Å². The van der Waals surface area contributed by atoms with Crippen LogP contribution in [0.2, 0.25) is 0 Å². The first-order valence-electron chi connectivity index (χ1n) is 9.26. The first-order chi connectivity index (χ1) is 14.1. The zero-order valence-corrected chi connectivity index (χ0v) is 16.3. The van der Waals surface area contributed by atoms with Gasteiger partial charge in [0.15, 0.2) is 17.2 Å². The number of rotatable bonds is 7. The number of hydrazone groups is 1. The van der Waals surface area contributed by atoms with E-state index >= 15 is 0 Å². The van der Waals surface area contributed by atoms with Crippen LogP contribution < -0.4 is 15.7 Å². The fourth-order valence-corrected chi connectivity index (χ4v) is 2.88. The summed E-state index contributed by atoms with van der Waals surface area (Å²) in [5, 5.41) is 19.1. The summed E-state index contributed by atoms with van der Waals surface area (Å²) in [5.41, 5.74) is 2.68. The van der Waals surface area contributed by atoms with Crippen LogP contribution in [0.25, 0.3) is 10.8 Å². The Bertz CT molecular complexity index is 1120. The molecule has 0 saturated carbocycles. The molecular weight excluding hydrogens is 372 g/mol. The van der Waals surface area contributed by atoms with Gasteiger partial charge in [-0.05, 0) is 24.6 Å². The van der Waals surface area contributed by atoms with Gasteiger partial charge >= 0.3 is 0 Å². The number of carbonyl (C=O) groups excluding carboxylic acids is 1. The van der Waals surface area contributed by atoms with E-state index in [9.17, 15) is 14.7 Å². The van der Waals surface area contributed by atoms with E-state index in [1.165, 1.54) is 18.0 Å². The van der Waals surface area contributed by atoms with Crippen LogP contribution >= 0.6 is 0 Å². The van der Waals surface area contributed by atoms with E-state index in [1.807, 2.05) is 6.92 Å². The predicted molar refractivity (Wildman–Crippen MR) is 111 cm³/mol. The van der Waals surface area contributed by atoms with E-state index in [0.717, 1.165) is 12.8 Å². The molecule has 0 saturated heterocycles. The second-order valence-electron chi connectivity index (χ2n) is 6.37. The molecule has 0 aliphatic rings. The van der Waals surface area contributed by atoms with E-state index in [-0.39, 0.29) is 17.0 Å². The number of methoxy groups -OCH3 is 1. The highest BCUT2D eigenvalue weighted by atomic mass is 16.5. The topological polar surface area (TPSA) is 106 Å². The number of hydrogen-bond acceptors (Lipinski definition) is 6. The van der Waals surface area contributed by atoms with Gasteiger partial charge in [-0.2, -0.15) is 10.2 Å². The van der Waals surface area contributed by atoms with Gasteiger partial charge in [0.25, 0.3) is 11.5 Å². The second kappa shape index (κ2) is 9.01. The highest BCUT2D eigenvalue weighted by Gasteiger charge is 2.16. The van der Waals surface area contributed by atoms with Gasteiger partial charge in [-0.1, -0.05) is 37.6 Å². The normalized spacial score (nSPS) is 11.1. The van der Waals surface area contributed by atoms with Crippen molar-refractivity contribution in [3.05, 3.63) is 64.1 Å². The molecule has 1 heterocycles. The van der Waals surface area contributed by atoms with Gasteiger partial charge in [0.1, 0.15) is 0 Å². The van der Waals surface area contributed by atoms with Crippen LogP contribution in [0.5, 0.6) is 11.5 Å². The molecule has 0 aliphatic carbocycles. The molecule has 0 bridgehead atoms. The molecule has 0 radical (unpaired) electrons. The standard InChI is InChI=1S/C21H22N4O4/c1-3-4-12-25-21(28)16-10-6-5-9-15(16)18(24-25)20(27)23-22-13-14-8-7-11-17(29-2)19(14)26/h5-11,13,26H,3-4,12H2,1-2H3,(H,23,27)/b22-13+. The molecule has 0 aliphatic heterocycles. The van der Waals surface area contributed by atoms with Crippen LogP contribution in [0.3, 0.4) is 0 Å². The average molecular weight is 394 g/mol. The molecular formula is C21H22N4O4. The Kier molecular flexibility index (Phi) is 6.23. The quantitative estimate of drug-likeness (QED) is 0.473. The van der Waals surface area contributed by atoms with E-state index in [4.69, 9.17) is 4.74 Å². The molecule has 0 spiro atoms. The molecule has 0 unspecified atom stereocenters. The Morgan fingerprint density at radius 2 is 2.00 bits per heavy atom. The molecule has 3 rings (SSSR count). The van der Waals surface area contributed by atoms with Crippen LogP contribution in [0.1, 0.15) is 35.8 Å². The maximum Gasteiger partial charge on any atom is 0.292 e. The van der Waals surface area contributed by atoms with Crippen molar-refractivity contribution in [2.45, 2.75) is 26.3 Å². The second-order valence-corrected chi connectivity index (χ2v) is 6.37. The maximum absolute atomic E-state index is 12.7. The Morgan fingerprint density at radius 1 is 1.24 bits per heavy atom. The number of nitrogens with zero attached hydrogens (tertiary/aromatic N) is 3. The maximum atomic E-state index is 12.7. The first kappa shape index (κ1) is 20.1. The van der Waals surface area contributed by atoms with E-state index in [2.05, 4.69) is 15.6 Å². The summed E-state index contributed by atoms with van der Waals surface area (Å²) >= 11 is 0. The molecule has 8 heteroatoms. The number of unbranched alkanes of at least 4 members (excludes halogenated alkanes) is 1. The lowest BCUT2D eigenvalue weighted by Gasteiger charge is -2.09. The highest BCUT2D eigenvalue weighted by molar-refractivity contribution is 6.05. The Hall–Kier alpha value is -3.68. The first-order valence-corrected chi connectivity index (χ1v) is 9.26. The van der Waals surface area contributed by atoms with Crippen LogP contribution in [-0.4, -0.2) is 34.1 Å². The zero-order chi connectivity index (χ0) is 20.8. The van der Waals surface area contributed by atoms with Crippen molar-refractivity contribution in [3.63, 3.8) is 0 Å². The number of para-hydroxylation sites is 1. The number of aromatic nitrogens is 2. The molecule has 150 valence electrons. The summed E-state index contributed by atoms with van der Waals surface area (Å²) in [6, 6.07) is 11.8. The number of aryl methyl sites for hydroxylation is 1. The summed E-state index contributed by atoms with van der Waals surface area (Å²) in [7, 11) is 1.45. The number of nitrogens with one attached hydrogen (secondary N) is 1. The Labute approximate surface area is 167 Å². The lowest BCUT2D eigenvalue weighted by Crippen LogP contribution is -2.29. The zero-order valence-electron chi connectivity index (χ0n) is 16.3. The third-order valence-corrected chi connectivity index (χ3v) is 4.43. The molecule has 1 amide bonds. The van der Waals surface area contributed by atoms with Crippen molar-refractivity contribution >= 4 is 22.9 Å². The number of aromatic hydroxyl groups is 1. The fourth-order valence-electron chi connectivity index (χ4n) is 2.88. The summed E-state index contributed by atoms with van der Waals surface area (Å²) in [6.07, 6.45) is 2.99. The minimum absolute atomic E-state index is 0.0790. The van der Waals surface area contributed by atoms with Gasteiger partial charge in [-0.15, -0.1) is 0 Å². The largest absolute Gasteiger partial charge is 0.504 e. The minimum atomic E-state index is -0.551. The van der Waals surface area contributed by atoms with Gasteiger partial charge in [-0.3, -0.25) is 9.59 Å². The van der Waals surface area contributed by atoms with Gasteiger partial charge in [0.2, 0.25) is 0 Å². The smallest absolute Gasteiger partial charge is 0.292 e. The lowest BCUT2D eigenvalue weighted by molar-refractivity contribution is 0.0949. The predicted octanol–water partition coefficient (Wildman–Crippen LogP) is 2.67. The molecule has 2 N–H and O–H groups in total. The summed E-state index contributed by atoms with van der Waals surface area (Å²) in [5.74, 6) is -0.328. The number of fused-ring (bicyclic) bond motifs is 1. The SMILES string of the molecule is CCCCn1nc(C(=O)N/N=C/c2cccc(OC)c2O)c2ccccc2c1=O. The molecule has 0 fully saturated rings. The van der Waals surface area contributed by atoms with Crippen molar-refractivity contribution in [2.75, 3.05) is 7.11 Å². The van der Waals surface area contributed by atoms with Crippen LogP contribution in [-0.2, 0) is 6.54 Å². The summed E-state index contributed by atoms with van der Waals surface area (Å²) in [4.78, 5) is 25.3. The van der Waals surface area contributed by atoms with Crippen molar-refractivity contribution in [1.29, 1.82) is 0 Å². The average Bonchev–Trinajstić information content (AvgIpc) is 2.74. The number of carbonyl (C=O) groups is 1. The minimum Gasteiger partial charge on any atom is -0.504 e. The number of hydrogen-bond donors (Lipinski definition) is 2. The molecule has 8 nitrogen and oxygen atoms in total. The number of phenols is 1. The number of benzene rings is 2. The van der Waals surface area contributed by atoms with E-state index in [0.29, 0.717) is 28.6 Å². The van der Waals surface area contributed by atoms with Crippen molar-refractivity contribution in [3.8, 4) is 11.5 Å². The van der Waals surface area contributed by atoms with Gasteiger partial charge in [-0.25, -0.2) is 10.1 Å². The molecule has 3 aromatic rings. The van der Waals surface area contributed by atoms with Crippen molar-refractivity contribution in [2.24, 2.45) is 5.10 Å². The molecule has 1 aromatic heterocycles. The third kappa shape index (κ3) is 4.26. The van der Waals surface area contributed by atoms with Crippen molar-refractivity contribution in [1.82, 2.24) is 15.2 Å². The summed E-state index contributed by atoms with van der Waals surface area (Å²) in [6.45, 7) is 2.45. The van der Waals surface area contributed by atoms with Gasteiger partial charge < -0.3 is 9.84 Å². The third-order valence-electron chi connectivity index (χ3n) is 4.43. The number of phenolic OH excluding ortho intramolecular Hbond substituents is 1. The van der Waals surface area contributed by atoms with Crippen LogP contribution in [0, 0.1) is 0 Å². The Balaban J connectivity index is 1.91. The van der Waals surface area contributed by atoms with E-state index < -0.39 is 5.91 Å². The van der Waals surface area contributed by atoms with Crippen molar-refractivity contribution < 1.29 is 14.6 Å². The van der Waals surface area contributed by atoms with Crippen LogP contribution in [0.15, 0.2) is 52.4 Å². The molecule has 0 atom stereocenters. The fraction of sp³-hybridized carbons (Fsp3) is 0.238. The van der Waals surface area contributed by atoms with Gasteiger partial charge in [0.05, 0.1) is 18.7 Å². The highest BCUT2D eigenvalue weighted by Crippen LogP contribution is 2.27.